The zero-order valence-corrected chi connectivity index (χ0v) is 17.4. The van der Waals surface area contributed by atoms with Gasteiger partial charge in [-0.1, -0.05) is 18.2 Å². The number of hydrogen-bond acceptors (Lipinski definition) is 5. The molecular weight excluding hydrogens is 396 g/mol. The van der Waals surface area contributed by atoms with Crippen molar-refractivity contribution in [3.63, 3.8) is 0 Å². The molecule has 0 saturated carbocycles. The van der Waals surface area contributed by atoms with E-state index in [1.165, 1.54) is 4.90 Å². The highest BCUT2D eigenvalue weighted by Gasteiger charge is 2.11. The summed E-state index contributed by atoms with van der Waals surface area (Å²) in [6.45, 7) is 1.92. The average Bonchev–Trinajstić information content (AvgIpc) is 2.79. The zero-order chi connectivity index (χ0) is 22.1. The quantitative estimate of drug-likeness (QED) is 0.549. The number of nitrogens with zero attached hydrogens (tertiary/aromatic N) is 1. The molecule has 1 N–H and O–H groups in total. The largest absolute Gasteiger partial charge is 0.484 e. The van der Waals surface area contributed by atoms with Crippen LogP contribution in [0.15, 0.2) is 78.9 Å². The second-order valence-electron chi connectivity index (χ2n) is 6.53. The maximum Gasteiger partial charge on any atom is 0.413 e. The molecule has 3 aromatic rings. The number of rotatable bonds is 8. The maximum atomic E-state index is 12.2. The van der Waals surface area contributed by atoms with E-state index in [9.17, 15) is 9.59 Å². The third-order valence-electron chi connectivity index (χ3n) is 4.25. The van der Waals surface area contributed by atoms with Gasteiger partial charge in [0, 0.05) is 18.4 Å². The minimum atomic E-state index is -0.437. The van der Waals surface area contributed by atoms with Crippen LogP contribution in [0.3, 0.4) is 0 Å². The number of ether oxygens (including phenoxy) is 3. The Labute approximate surface area is 181 Å². The minimum Gasteiger partial charge on any atom is -0.484 e. The first kappa shape index (κ1) is 21.7. The standard InChI is InChI=1S/C24H24N2O5/c1-3-29-24(28)26(2)19-11-9-18(10-12-19)25-23(27)17-30-20-13-15-22(16-14-20)31-21-7-5-4-6-8-21/h4-16H,3,17H2,1-2H3,(H,25,27). The third kappa shape index (κ3) is 6.50. The summed E-state index contributed by atoms with van der Waals surface area (Å²) in [6, 6.07) is 23.4. The highest BCUT2D eigenvalue weighted by molar-refractivity contribution is 5.92. The number of carbonyl (C=O) groups excluding carboxylic acids is 2. The first-order chi connectivity index (χ1) is 15.0. The molecule has 0 aliphatic rings. The lowest BCUT2D eigenvalue weighted by Gasteiger charge is -2.17. The first-order valence-corrected chi connectivity index (χ1v) is 9.81. The zero-order valence-electron chi connectivity index (χ0n) is 17.4. The van der Waals surface area contributed by atoms with Crippen LogP contribution in [0, 0.1) is 0 Å². The summed E-state index contributed by atoms with van der Waals surface area (Å²) in [4.78, 5) is 25.3. The highest BCUT2D eigenvalue weighted by Crippen LogP contribution is 2.23. The maximum absolute atomic E-state index is 12.2. The summed E-state index contributed by atoms with van der Waals surface area (Å²) < 4.78 is 16.2. The Morgan fingerprint density at radius 2 is 1.45 bits per heavy atom. The molecule has 0 fully saturated rings. The van der Waals surface area contributed by atoms with E-state index in [0.717, 1.165) is 5.75 Å². The van der Waals surface area contributed by atoms with Gasteiger partial charge in [-0.15, -0.1) is 0 Å². The normalized spacial score (nSPS) is 10.1. The molecule has 0 aliphatic carbocycles. The third-order valence-corrected chi connectivity index (χ3v) is 4.25. The molecular formula is C24H24N2O5. The van der Waals surface area contributed by atoms with E-state index >= 15 is 0 Å². The van der Waals surface area contributed by atoms with Crippen LogP contribution in [-0.4, -0.2) is 32.3 Å². The van der Waals surface area contributed by atoms with Crippen LogP contribution in [0.25, 0.3) is 0 Å². The van der Waals surface area contributed by atoms with Crippen LogP contribution < -0.4 is 19.7 Å². The Morgan fingerprint density at radius 1 is 0.839 bits per heavy atom. The summed E-state index contributed by atoms with van der Waals surface area (Å²) in [7, 11) is 1.62. The molecule has 0 saturated heterocycles. The number of benzene rings is 3. The number of nitrogens with one attached hydrogen (secondary N) is 1. The summed E-state index contributed by atoms with van der Waals surface area (Å²) >= 11 is 0. The second kappa shape index (κ2) is 10.7. The van der Waals surface area contributed by atoms with Crippen molar-refractivity contribution in [3.05, 3.63) is 78.9 Å². The smallest absolute Gasteiger partial charge is 0.413 e. The van der Waals surface area contributed by atoms with Gasteiger partial charge in [0.15, 0.2) is 6.61 Å². The van der Waals surface area contributed by atoms with Gasteiger partial charge in [0.2, 0.25) is 0 Å². The van der Waals surface area contributed by atoms with Gasteiger partial charge in [-0.25, -0.2) is 4.79 Å². The van der Waals surface area contributed by atoms with Gasteiger partial charge < -0.3 is 19.5 Å². The summed E-state index contributed by atoms with van der Waals surface area (Å²) in [6.07, 6.45) is -0.437. The van der Waals surface area contributed by atoms with Crippen LogP contribution >= 0.6 is 0 Å². The molecule has 2 amide bonds. The second-order valence-corrected chi connectivity index (χ2v) is 6.53. The molecule has 0 spiro atoms. The predicted octanol–water partition coefficient (Wildman–Crippen LogP) is 5.09. The van der Waals surface area contributed by atoms with Gasteiger partial charge in [0.1, 0.15) is 17.2 Å². The van der Waals surface area contributed by atoms with Crippen LogP contribution in [0.1, 0.15) is 6.92 Å². The van der Waals surface area contributed by atoms with Crippen molar-refractivity contribution in [2.75, 3.05) is 30.5 Å². The topological polar surface area (TPSA) is 77.1 Å². The Morgan fingerprint density at radius 3 is 2.10 bits per heavy atom. The number of para-hydroxylation sites is 1. The molecule has 0 radical (unpaired) electrons. The monoisotopic (exact) mass is 420 g/mol. The van der Waals surface area contributed by atoms with Crippen molar-refractivity contribution in [3.8, 4) is 17.2 Å². The number of amides is 2. The Balaban J connectivity index is 1.47. The van der Waals surface area contributed by atoms with Crippen molar-refractivity contribution >= 4 is 23.4 Å². The summed E-state index contributed by atoms with van der Waals surface area (Å²) in [5.74, 6) is 1.68. The van der Waals surface area contributed by atoms with E-state index in [-0.39, 0.29) is 12.5 Å². The Bertz CT molecular complexity index is 989. The average molecular weight is 420 g/mol. The van der Waals surface area contributed by atoms with Crippen molar-refractivity contribution in [1.29, 1.82) is 0 Å². The molecule has 0 aliphatic heterocycles. The fourth-order valence-electron chi connectivity index (χ4n) is 2.67. The lowest BCUT2D eigenvalue weighted by Crippen LogP contribution is -2.27. The van der Waals surface area contributed by atoms with Crippen LogP contribution in [0.2, 0.25) is 0 Å². The predicted molar refractivity (Wildman–Crippen MR) is 119 cm³/mol. The number of hydrogen-bond donors (Lipinski definition) is 1. The molecule has 0 bridgehead atoms. The van der Waals surface area contributed by atoms with E-state index in [4.69, 9.17) is 14.2 Å². The molecule has 0 heterocycles. The molecule has 31 heavy (non-hydrogen) atoms. The Kier molecular flexibility index (Phi) is 7.48. The first-order valence-electron chi connectivity index (χ1n) is 9.81. The van der Waals surface area contributed by atoms with Gasteiger partial charge in [-0.2, -0.15) is 0 Å². The fraction of sp³-hybridized carbons (Fsp3) is 0.167. The molecule has 160 valence electrons. The fourth-order valence-corrected chi connectivity index (χ4v) is 2.67. The van der Waals surface area contributed by atoms with E-state index < -0.39 is 6.09 Å². The van der Waals surface area contributed by atoms with Crippen LogP contribution in [0.5, 0.6) is 17.2 Å². The molecule has 7 nitrogen and oxygen atoms in total. The molecule has 0 unspecified atom stereocenters. The minimum absolute atomic E-state index is 0.136. The van der Waals surface area contributed by atoms with E-state index in [2.05, 4.69) is 5.32 Å². The van der Waals surface area contributed by atoms with Crippen molar-refractivity contribution in [1.82, 2.24) is 0 Å². The van der Waals surface area contributed by atoms with E-state index in [1.54, 1.807) is 62.5 Å². The molecule has 3 rings (SSSR count). The molecule has 3 aromatic carbocycles. The lowest BCUT2D eigenvalue weighted by atomic mass is 10.2. The van der Waals surface area contributed by atoms with Gasteiger partial charge >= 0.3 is 6.09 Å². The van der Waals surface area contributed by atoms with Crippen LogP contribution in [-0.2, 0) is 9.53 Å². The molecule has 7 heteroatoms. The highest BCUT2D eigenvalue weighted by atomic mass is 16.6. The molecule has 0 atom stereocenters. The van der Waals surface area contributed by atoms with Crippen molar-refractivity contribution in [2.24, 2.45) is 0 Å². The summed E-state index contributed by atoms with van der Waals surface area (Å²) in [5, 5.41) is 2.75. The summed E-state index contributed by atoms with van der Waals surface area (Å²) in [5.41, 5.74) is 1.26. The van der Waals surface area contributed by atoms with E-state index in [1.807, 2.05) is 30.3 Å². The SMILES string of the molecule is CCOC(=O)N(C)c1ccc(NC(=O)COc2ccc(Oc3ccccc3)cc2)cc1. The number of carbonyl (C=O) groups is 2. The van der Waals surface area contributed by atoms with E-state index in [0.29, 0.717) is 29.5 Å². The van der Waals surface area contributed by atoms with Crippen molar-refractivity contribution < 1.29 is 23.8 Å². The van der Waals surface area contributed by atoms with Crippen LogP contribution in [0.4, 0.5) is 16.2 Å². The number of anilines is 2. The van der Waals surface area contributed by atoms with Crippen molar-refractivity contribution in [2.45, 2.75) is 6.92 Å². The van der Waals surface area contributed by atoms with Gasteiger partial charge in [0.05, 0.1) is 6.61 Å². The van der Waals surface area contributed by atoms with Gasteiger partial charge in [0.25, 0.3) is 5.91 Å². The molecule has 0 aromatic heterocycles. The van der Waals surface area contributed by atoms with Gasteiger partial charge in [-0.05, 0) is 67.6 Å². The van der Waals surface area contributed by atoms with Gasteiger partial charge in [-0.3, -0.25) is 9.69 Å². The lowest BCUT2D eigenvalue weighted by molar-refractivity contribution is -0.118. The Hall–Kier alpha value is -4.00.